The maximum Gasteiger partial charge on any atom is 0.410 e. The predicted octanol–water partition coefficient (Wildman–Crippen LogP) is 1.27. The predicted molar refractivity (Wildman–Crippen MR) is 75.3 cm³/mol. The average Bonchev–Trinajstić information content (AvgIpc) is 2.26. The molecule has 0 radical (unpaired) electrons. The molecule has 6 nitrogen and oxygen atoms in total. The van der Waals surface area contributed by atoms with E-state index < -0.39 is 11.2 Å². The van der Waals surface area contributed by atoms with Crippen molar-refractivity contribution >= 4 is 12.0 Å². The topological polar surface area (TPSA) is 78.9 Å². The summed E-state index contributed by atoms with van der Waals surface area (Å²) in [6, 6.07) is 0. The molecule has 2 N–H and O–H groups in total. The van der Waals surface area contributed by atoms with Crippen LogP contribution >= 0.6 is 0 Å². The van der Waals surface area contributed by atoms with Gasteiger partial charge in [0.15, 0.2) is 0 Å². The molecule has 0 spiro atoms. The number of nitrogens with zero attached hydrogens (tertiary/aromatic N) is 1. The average molecular weight is 286 g/mol. The molecule has 1 fully saturated rings. The van der Waals surface area contributed by atoms with Crippen molar-refractivity contribution in [1.29, 1.82) is 0 Å². The van der Waals surface area contributed by atoms with E-state index in [0.29, 0.717) is 38.9 Å². The van der Waals surface area contributed by atoms with Gasteiger partial charge in [0.25, 0.3) is 0 Å². The minimum atomic E-state index is -0.805. The van der Waals surface area contributed by atoms with E-state index in [1.165, 1.54) is 6.92 Å². The molecule has 1 aliphatic rings. The summed E-state index contributed by atoms with van der Waals surface area (Å²) in [7, 11) is 0. The lowest BCUT2D eigenvalue weighted by Crippen LogP contribution is -2.49. The summed E-state index contributed by atoms with van der Waals surface area (Å²) in [5.74, 6) is -0.0974. The zero-order valence-corrected chi connectivity index (χ0v) is 12.9. The van der Waals surface area contributed by atoms with E-state index in [1.807, 2.05) is 20.8 Å². The van der Waals surface area contributed by atoms with Crippen molar-refractivity contribution in [2.45, 2.75) is 58.2 Å². The van der Waals surface area contributed by atoms with Crippen molar-refractivity contribution < 1.29 is 19.4 Å². The highest BCUT2D eigenvalue weighted by molar-refractivity contribution is 5.72. The summed E-state index contributed by atoms with van der Waals surface area (Å²) in [4.78, 5) is 24.3. The van der Waals surface area contributed by atoms with Crippen LogP contribution in [0.2, 0.25) is 0 Å². The molecule has 116 valence electrons. The van der Waals surface area contributed by atoms with Crippen molar-refractivity contribution in [3.05, 3.63) is 0 Å². The summed E-state index contributed by atoms with van der Waals surface area (Å²) in [6.07, 6.45) is 1.19. The molecule has 1 saturated heterocycles. The third kappa shape index (κ3) is 5.77. The van der Waals surface area contributed by atoms with E-state index in [4.69, 9.17) is 4.74 Å². The maximum atomic E-state index is 11.9. The SMILES string of the molecule is CC(=O)NCCC1(O)CCN(C(=O)OC(C)(C)C)CC1. The minimum Gasteiger partial charge on any atom is -0.444 e. The van der Waals surface area contributed by atoms with Crippen LogP contribution in [0.25, 0.3) is 0 Å². The Labute approximate surface area is 120 Å². The lowest BCUT2D eigenvalue weighted by Gasteiger charge is -2.38. The second-order valence-corrected chi connectivity index (χ2v) is 6.42. The van der Waals surface area contributed by atoms with E-state index in [0.717, 1.165) is 0 Å². The van der Waals surface area contributed by atoms with Gasteiger partial charge in [-0.2, -0.15) is 0 Å². The largest absolute Gasteiger partial charge is 0.444 e. The molecule has 0 aromatic carbocycles. The zero-order valence-electron chi connectivity index (χ0n) is 12.9. The van der Waals surface area contributed by atoms with Crippen LogP contribution in [0, 0.1) is 0 Å². The molecular weight excluding hydrogens is 260 g/mol. The molecule has 0 atom stereocenters. The van der Waals surface area contributed by atoms with Crippen molar-refractivity contribution in [2.75, 3.05) is 19.6 Å². The first-order chi connectivity index (χ1) is 9.11. The molecule has 1 rings (SSSR count). The Morgan fingerprint density at radius 3 is 2.30 bits per heavy atom. The molecule has 1 heterocycles. The maximum absolute atomic E-state index is 11.9. The summed E-state index contributed by atoms with van der Waals surface area (Å²) in [5, 5.41) is 13.1. The number of nitrogens with one attached hydrogen (secondary N) is 1. The first kappa shape index (κ1) is 16.8. The number of amides is 2. The quantitative estimate of drug-likeness (QED) is 0.819. The first-order valence-electron chi connectivity index (χ1n) is 7.06. The van der Waals surface area contributed by atoms with Gasteiger partial charge < -0.3 is 20.1 Å². The van der Waals surface area contributed by atoms with Crippen molar-refractivity contribution in [1.82, 2.24) is 10.2 Å². The number of hydrogen-bond acceptors (Lipinski definition) is 4. The van der Waals surface area contributed by atoms with E-state index in [-0.39, 0.29) is 12.0 Å². The number of carbonyl (C=O) groups excluding carboxylic acids is 2. The van der Waals surface area contributed by atoms with Gasteiger partial charge in [-0.05, 0) is 40.0 Å². The Hall–Kier alpha value is -1.30. The van der Waals surface area contributed by atoms with Gasteiger partial charge in [-0.15, -0.1) is 0 Å². The van der Waals surface area contributed by atoms with Crippen LogP contribution in [-0.2, 0) is 9.53 Å². The molecule has 0 aromatic heterocycles. The number of hydrogen-bond donors (Lipinski definition) is 2. The number of rotatable bonds is 3. The van der Waals surface area contributed by atoms with Crippen LogP contribution in [0.5, 0.6) is 0 Å². The Bertz CT molecular complexity index is 355. The lowest BCUT2D eigenvalue weighted by molar-refractivity contribution is -0.119. The summed E-state index contributed by atoms with van der Waals surface area (Å²) < 4.78 is 5.31. The minimum absolute atomic E-state index is 0.0974. The highest BCUT2D eigenvalue weighted by Gasteiger charge is 2.34. The molecule has 0 aromatic rings. The van der Waals surface area contributed by atoms with Crippen LogP contribution in [0.4, 0.5) is 4.79 Å². The summed E-state index contributed by atoms with van der Waals surface area (Å²) in [6.45, 7) is 8.36. The third-order valence-corrected chi connectivity index (χ3v) is 3.31. The number of aliphatic hydroxyl groups is 1. The number of piperidine rings is 1. The number of ether oxygens (including phenoxy) is 1. The number of likely N-dealkylation sites (tertiary alicyclic amines) is 1. The fraction of sp³-hybridized carbons (Fsp3) is 0.857. The van der Waals surface area contributed by atoms with Gasteiger partial charge in [0.1, 0.15) is 5.60 Å². The van der Waals surface area contributed by atoms with E-state index >= 15 is 0 Å². The van der Waals surface area contributed by atoms with Crippen LogP contribution in [0.15, 0.2) is 0 Å². The van der Waals surface area contributed by atoms with Crippen LogP contribution in [0.1, 0.15) is 47.0 Å². The summed E-state index contributed by atoms with van der Waals surface area (Å²) in [5.41, 5.74) is -1.31. The van der Waals surface area contributed by atoms with E-state index in [9.17, 15) is 14.7 Å². The highest BCUT2D eigenvalue weighted by atomic mass is 16.6. The second kappa shape index (κ2) is 6.43. The molecule has 0 unspecified atom stereocenters. The molecule has 0 bridgehead atoms. The van der Waals surface area contributed by atoms with E-state index in [2.05, 4.69) is 5.32 Å². The molecule has 1 aliphatic heterocycles. The molecule has 0 aliphatic carbocycles. The van der Waals surface area contributed by atoms with Gasteiger partial charge >= 0.3 is 6.09 Å². The first-order valence-corrected chi connectivity index (χ1v) is 7.06. The molecule has 6 heteroatoms. The zero-order chi connectivity index (χ0) is 15.4. The van der Waals surface area contributed by atoms with Crippen LogP contribution in [-0.4, -0.2) is 52.8 Å². The van der Waals surface area contributed by atoms with Gasteiger partial charge in [-0.25, -0.2) is 4.79 Å². The second-order valence-electron chi connectivity index (χ2n) is 6.42. The molecule has 0 saturated carbocycles. The van der Waals surface area contributed by atoms with Crippen LogP contribution < -0.4 is 5.32 Å². The van der Waals surface area contributed by atoms with Crippen molar-refractivity contribution in [2.24, 2.45) is 0 Å². The van der Waals surface area contributed by atoms with Crippen molar-refractivity contribution in [3.63, 3.8) is 0 Å². The van der Waals surface area contributed by atoms with Gasteiger partial charge in [0, 0.05) is 26.6 Å². The Morgan fingerprint density at radius 1 is 1.30 bits per heavy atom. The Kier molecular flexibility index (Phi) is 5.39. The lowest BCUT2D eigenvalue weighted by atomic mass is 9.88. The summed E-state index contributed by atoms with van der Waals surface area (Å²) >= 11 is 0. The standard InChI is InChI=1S/C14H26N2O4/c1-11(17)15-8-5-14(19)6-9-16(10-7-14)12(18)20-13(2,3)4/h19H,5-10H2,1-4H3,(H,15,17). The normalized spacial score (nSPS) is 18.6. The third-order valence-electron chi connectivity index (χ3n) is 3.31. The number of carbonyl (C=O) groups is 2. The Morgan fingerprint density at radius 2 is 1.85 bits per heavy atom. The molecule has 2 amide bonds. The van der Waals surface area contributed by atoms with Gasteiger partial charge in [-0.1, -0.05) is 0 Å². The van der Waals surface area contributed by atoms with Gasteiger partial charge in [0.05, 0.1) is 5.60 Å². The van der Waals surface area contributed by atoms with E-state index in [1.54, 1.807) is 4.90 Å². The highest BCUT2D eigenvalue weighted by Crippen LogP contribution is 2.26. The fourth-order valence-corrected chi connectivity index (χ4v) is 2.15. The fourth-order valence-electron chi connectivity index (χ4n) is 2.15. The van der Waals surface area contributed by atoms with Crippen molar-refractivity contribution in [3.8, 4) is 0 Å². The monoisotopic (exact) mass is 286 g/mol. The Balaban J connectivity index is 2.38. The molecule has 20 heavy (non-hydrogen) atoms. The smallest absolute Gasteiger partial charge is 0.410 e. The molecular formula is C14H26N2O4. The van der Waals surface area contributed by atoms with Crippen LogP contribution in [0.3, 0.4) is 0 Å². The van der Waals surface area contributed by atoms with Gasteiger partial charge in [0.2, 0.25) is 5.91 Å². The van der Waals surface area contributed by atoms with Gasteiger partial charge in [-0.3, -0.25) is 4.79 Å².